The van der Waals surface area contributed by atoms with Crippen LogP contribution in [0.5, 0.6) is 0 Å². The summed E-state index contributed by atoms with van der Waals surface area (Å²) in [6, 6.07) is 5.69. The molecule has 0 amide bonds. The van der Waals surface area contributed by atoms with E-state index in [-0.39, 0.29) is 24.3 Å². The number of halogens is 2. The van der Waals surface area contributed by atoms with E-state index in [1.54, 1.807) is 6.07 Å². The zero-order chi connectivity index (χ0) is 13.8. The van der Waals surface area contributed by atoms with Crippen LogP contribution in [0.25, 0.3) is 0 Å². The van der Waals surface area contributed by atoms with Crippen LogP contribution in [-0.4, -0.2) is 31.1 Å². The van der Waals surface area contributed by atoms with E-state index in [4.69, 9.17) is 0 Å². The Morgan fingerprint density at radius 3 is 2.50 bits per heavy atom. The number of nitrogens with zero attached hydrogens (tertiary/aromatic N) is 1. The quantitative estimate of drug-likeness (QED) is 0.915. The minimum absolute atomic E-state index is 0. The molecule has 1 heterocycles. The van der Waals surface area contributed by atoms with Crippen LogP contribution in [0.1, 0.15) is 37.4 Å². The first kappa shape index (κ1) is 17.4. The summed E-state index contributed by atoms with van der Waals surface area (Å²) in [5, 5.41) is 3.36. The van der Waals surface area contributed by atoms with E-state index in [0.717, 1.165) is 43.7 Å². The molecule has 0 radical (unpaired) electrons. The van der Waals surface area contributed by atoms with Gasteiger partial charge in [-0.1, -0.05) is 31.5 Å². The fraction of sp³-hybridized carbons (Fsp3) is 0.625. The highest BCUT2D eigenvalue weighted by molar-refractivity contribution is 5.85. The first-order chi connectivity index (χ1) is 9.08. The van der Waals surface area contributed by atoms with Crippen molar-refractivity contribution in [1.82, 2.24) is 10.2 Å². The van der Waals surface area contributed by atoms with Crippen LogP contribution in [0.3, 0.4) is 0 Å². The van der Waals surface area contributed by atoms with Crippen LogP contribution >= 0.6 is 12.4 Å². The summed E-state index contributed by atoms with van der Waals surface area (Å²) in [4.78, 5) is 2.42. The maximum Gasteiger partial charge on any atom is 0.128 e. The van der Waals surface area contributed by atoms with Crippen LogP contribution in [0.2, 0.25) is 0 Å². The molecule has 1 aliphatic rings. The maximum atomic E-state index is 14.2. The predicted molar refractivity (Wildman–Crippen MR) is 85.0 cm³/mol. The standard InChI is InChI=1S/C16H25FN2.ClH/c1-12(2)10-16(19-8-6-18-7-9-19)14-11-13(3)4-5-15(14)17;/h4-5,11-12,16,18H,6-10H2,1-3H3;1H/t16-;/m0./s1. The lowest BCUT2D eigenvalue weighted by Gasteiger charge is -2.36. The van der Waals surface area contributed by atoms with Gasteiger partial charge in [0.1, 0.15) is 5.82 Å². The van der Waals surface area contributed by atoms with Gasteiger partial charge < -0.3 is 5.32 Å². The van der Waals surface area contributed by atoms with E-state index in [1.807, 2.05) is 19.1 Å². The van der Waals surface area contributed by atoms with E-state index >= 15 is 0 Å². The van der Waals surface area contributed by atoms with Gasteiger partial charge in [-0.15, -0.1) is 12.4 Å². The van der Waals surface area contributed by atoms with Gasteiger partial charge in [-0.2, -0.15) is 0 Å². The molecule has 1 N–H and O–H groups in total. The Balaban J connectivity index is 0.00000200. The molecule has 1 atom stereocenters. The Morgan fingerprint density at radius 1 is 1.25 bits per heavy atom. The largest absolute Gasteiger partial charge is 0.314 e. The molecule has 1 aromatic rings. The van der Waals surface area contributed by atoms with Crippen molar-refractivity contribution in [2.24, 2.45) is 5.92 Å². The van der Waals surface area contributed by atoms with E-state index < -0.39 is 0 Å². The van der Waals surface area contributed by atoms with Crippen molar-refractivity contribution in [3.05, 3.63) is 35.1 Å². The van der Waals surface area contributed by atoms with Crippen LogP contribution in [0.4, 0.5) is 4.39 Å². The number of hydrogen-bond acceptors (Lipinski definition) is 2. The second-order valence-electron chi connectivity index (χ2n) is 5.96. The van der Waals surface area contributed by atoms with Crippen molar-refractivity contribution < 1.29 is 4.39 Å². The molecule has 2 nitrogen and oxygen atoms in total. The molecular formula is C16H26ClFN2. The van der Waals surface area contributed by atoms with Gasteiger partial charge in [0.15, 0.2) is 0 Å². The highest BCUT2D eigenvalue weighted by Gasteiger charge is 2.25. The number of piperazine rings is 1. The molecule has 0 aliphatic carbocycles. The van der Waals surface area contributed by atoms with Crippen molar-refractivity contribution in [2.45, 2.75) is 33.2 Å². The summed E-state index contributed by atoms with van der Waals surface area (Å²) >= 11 is 0. The number of benzene rings is 1. The SMILES string of the molecule is Cc1ccc(F)c([C@H](CC(C)C)N2CCNCC2)c1.Cl. The number of aryl methyl sites for hydroxylation is 1. The molecule has 1 fully saturated rings. The van der Waals surface area contributed by atoms with E-state index in [1.165, 1.54) is 0 Å². The van der Waals surface area contributed by atoms with Gasteiger partial charge in [0, 0.05) is 37.8 Å². The highest BCUT2D eigenvalue weighted by atomic mass is 35.5. The maximum absolute atomic E-state index is 14.2. The van der Waals surface area contributed by atoms with E-state index in [2.05, 4.69) is 24.1 Å². The second kappa shape index (κ2) is 7.96. The molecule has 4 heteroatoms. The average molecular weight is 301 g/mol. The van der Waals surface area contributed by atoms with Crippen molar-refractivity contribution >= 4 is 12.4 Å². The van der Waals surface area contributed by atoms with Crippen LogP contribution in [0.15, 0.2) is 18.2 Å². The van der Waals surface area contributed by atoms with Gasteiger partial charge in [0.05, 0.1) is 0 Å². The lowest BCUT2D eigenvalue weighted by molar-refractivity contribution is 0.151. The van der Waals surface area contributed by atoms with Gasteiger partial charge >= 0.3 is 0 Å². The fourth-order valence-electron chi connectivity index (χ4n) is 2.83. The monoisotopic (exact) mass is 300 g/mol. The van der Waals surface area contributed by atoms with Crippen molar-refractivity contribution in [1.29, 1.82) is 0 Å². The zero-order valence-corrected chi connectivity index (χ0v) is 13.5. The normalized spacial score (nSPS) is 17.9. The second-order valence-corrected chi connectivity index (χ2v) is 5.96. The summed E-state index contributed by atoms with van der Waals surface area (Å²) in [6.45, 7) is 10.5. The summed E-state index contributed by atoms with van der Waals surface area (Å²) < 4.78 is 14.2. The van der Waals surface area contributed by atoms with Gasteiger partial charge in [0.25, 0.3) is 0 Å². The third-order valence-electron chi connectivity index (χ3n) is 3.80. The van der Waals surface area contributed by atoms with Gasteiger partial charge in [-0.3, -0.25) is 4.90 Å². The van der Waals surface area contributed by atoms with Crippen LogP contribution in [-0.2, 0) is 0 Å². The zero-order valence-electron chi connectivity index (χ0n) is 12.7. The van der Waals surface area contributed by atoms with Crippen LogP contribution < -0.4 is 5.32 Å². The summed E-state index contributed by atoms with van der Waals surface area (Å²) in [6.07, 6.45) is 1.01. The molecule has 0 spiro atoms. The Labute approximate surface area is 128 Å². The molecule has 0 unspecified atom stereocenters. The van der Waals surface area contributed by atoms with Gasteiger partial charge in [-0.05, 0) is 25.3 Å². The topological polar surface area (TPSA) is 15.3 Å². The third-order valence-corrected chi connectivity index (χ3v) is 3.80. The average Bonchev–Trinajstić information content (AvgIpc) is 2.40. The molecule has 1 aromatic carbocycles. The Bertz CT molecular complexity index is 417. The third kappa shape index (κ3) is 4.44. The van der Waals surface area contributed by atoms with E-state index in [9.17, 15) is 4.39 Å². The molecule has 114 valence electrons. The van der Waals surface area contributed by atoms with Crippen molar-refractivity contribution in [3.63, 3.8) is 0 Å². The Morgan fingerprint density at radius 2 is 1.90 bits per heavy atom. The first-order valence-corrected chi connectivity index (χ1v) is 7.28. The predicted octanol–water partition coefficient (Wildman–Crippen LogP) is 3.55. The highest BCUT2D eigenvalue weighted by Crippen LogP contribution is 2.30. The Hall–Kier alpha value is -0.640. The molecule has 0 aromatic heterocycles. The summed E-state index contributed by atoms with van der Waals surface area (Å²) in [7, 11) is 0. The smallest absolute Gasteiger partial charge is 0.128 e. The lowest BCUT2D eigenvalue weighted by Crippen LogP contribution is -2.45. The molecule has 20 heavy (non-hydrogen) atoms. The molecular weight excluding hydrogens is 275 g/mol. The fourth-order valence-corrected chi connectivity index (χ4v) is 2.83. The van der Waals surface area contributed by atoms with Crippen molar-refractivity contribution in [2.75, 3.05) is 26.2 Å². The molecule has 0 saturated carbocycles. The lowest BCUT2D eigenvalue weighted by atomic mass is 9.93. The first-order valence-electron chi connectivity index (χ1n) is 7.28. The van der Waals surface area contributed by atoms with Crippen molar-refractivity contribution in [3.8, 4) is 0 Å². The van der Waals surface area contributed by atoms with E-state index in [0.29, 0.717) is 5.92 Å². The summed E-state index contributed by atoms with van der Waals surface area (Å²) in [5.41, 5.74) is 2.01. The Kier molecular flexibility index (Phi) is 6.93. The molecule has 0 bridgehead atoms. The number of hydrogen-bond donors (Lipinski definition) is 1. The minimum atomic E-state index is -0.0604. The summed E-state index contributed by atoms with van der Waals surface area (Å²) in [5.74, 6) is 0.509. The molecule has 2 rings (SSSR count). The molecule has 1 aliphatic heterocycles. The van der Waals surface area contributed by atoms with Crippen LogP contribution in [0, 0.1) is 18.7 Å². The van der Waals surface area contributed by atoms with Gasteiger partial charge in [0.2, 0.25) is 0 Å². The molecule has 1 saturated heterocycles. The van der Waals surface area contributed by atoms with Gasteiger partial charge in [-0.25, -0.2) is 4.39 Å². The minimum Gasteiger partial charge on any atom is -0.314 e. The number of nitrogens with one attached hydrogen (secondary N) is 1. The number of rotatable bonds is 4.